The van der Waals surface area contributed by atoms with Gasteiger partial charge in [0.2, 0.25) is 0 Å². The van der Waals surface area contributed by atoms with Gasteiger partial charge >= 0.3 is 0 Å². The number of hydrogen-bond acceptors (Lipinski definition) is 2. The Bertz CT molecular complexity index is 491. The molecular formula is C13H19N3. The molecule has 3 heteroatoms. The van der Waals surface area contributed by atoms with Crippen LogP contribution in [0.3, 0.4) is 0 Å². The van der Waals surface area contributed by atoms with E-state index in [1.165, 1.54) is 10.9 Å². The first-order valence-corrected chi connectivity index (χ1v) is 5.67. The monoisotopic (exact) mass is 217 g/mol. The zero-order valence-corrected chi connectivity index (χ0v) is 10.2. The van der Waals surface area contributed by atoms with Crippen LogP contribution < -0.4 is 5.73 Å². The molecule has 0 radical (unpaired) electrons. The van der Waals surface area contributed by atoms with E-state index in [0.29, 0.717) is 0 Å². The van der Waals surface area contributed by atoms with Gasteiger partial charge in [-0.1, -0.05) is 18.2 Å². The molecule has 0 bridgehead atoms. The van der Waals surface area contributed by atoms with E-state index in [1.54, 1.807) is 0 Å². The summed E-state index contributed by atoms with van der Waals surface area (Å²) in [5.41, 5.74) is 8.21. The molecule has 0 unspecified atom stereocenters. The van der Waals surface area contributed by atoms with Crippen LogP contribution in [0.5, 0.6) is 0 Å². The second-order valence-electron chi connectivity index (χ2n) is 5.08. The lowest BCUT2D eigenvalue weighted by Crippen LogP contribution is -2.32. The van der Waals surface area contributed by atoms with Crippen molar-refractivity contribution in [2.45, 2.75) is 32.2 Å². The summed E-state index contributed by atoms with van der Waals surface area (Å²) in [5, 5.41) is 5.80. The predicted octanol–water partition coefficient (Wildman–Crippen LogP) is 2.24. The molecule has 0 spiro atoms. The van der Waals surface area contributed by atoms with Gasteiger partial charge in [-0.05, 0) is 32.8 Å². The van der Waals surface area contributed by atoms with Crippen molar-refractivity contribution in [1.82, 2.24) is 9.78 Å². The van der Waals surface area contributed by atoms with E-state index >= 15 is 0 Å². The Labute approximate surface area is 96.2 Å². The van der Waals surface area contributed by atoms with Crippen LogP contribution in [-0.2, 0) is 13.5 Å². The highest BCUT2D eigenvalue weighted by Gasteiger charge is 2.14. The average Bonchev–Trinajstić information content (AvgIpc) is 2.53. The van der Waals surface area contributed by atoms with Gasteiger partial charge in [0.05, 0.1) is 11.2 Å². The lowest BCUT2D eigenvalue weighted by molar-refractivity contribution is 0.473. The van der Waals surface area contributed by atoms with E-state index < -0.39 is 0 Å². The Balaban J connectivity index is 2.31. The normalized spacial score (nSPS) is 12.2. The first-order valence-electron chi connectivity index (χ1n) is 5.67. The van der Waals surface area contributed by atoms with E-state index in [4.69, 9.17) is 5.73 Å². The molecule has 2 N–H and O–H groups in total. The van der Waals surface area contributed by atoms with Crippen LogP contribution in [0.25, 0.3) is 10.9 Å². The second-order valence-corrected chi connectivity index (χ2v) is 5.08. The summed E-state index contributed by atoms with van der Waals surface area (Å²) in [4.78, 5) is 0. The third kappa shape index (κ3) is 2.25. The number of aromatic nitrogens is 2. The molecule has 0 fully saturated rings. The first kappa shape index (κ1) is 11.1. The van der Waals surface area contributed by atoms with Gasteiger partial charge < -0.3 is 5.73 Å². The third-order valence-corrected chi connectivity index (χ3v) is 2.84. The molecule has 3 nitrogen and oxygen atoms in total. The fraction of sp³-hybridized carbons (Fsp3) is 0.462. The van der Waals surface area contributed by atoms with E-state index in [0.717, 1.165) is 18.5 Å². The SMILES string of the molecule is Cn1nc(CCC(C)(C)N)c2ccccc21. The zero-order chi connectivity index (χ0) is 11.8. The van der Waals surface area contributed by atoms with Gasteiger partial charge in [-0.3, -0.25) is 4.68 Å². The first-order chi connectivity index (χ1) is 7.47. The summed E-state index contributed by atoms with van der Waals surface area (Å²) in [7, 11) is 1.99. The number of benzene rings is 1. The minimum absolute atomic E-state index is 0.126. The van der Waals surface area contributed by atoms with Crippen molar-refractivity contribution in [2.24, 2.45) is 12.8 Å². The summed E-state index contributed by atoms with van der Waals surface area (Å²) in [6, 6.07) is 8.32. The van der Waals surface area contributed by atoms with Gasteiger partial charge in [0.15, 0.2) is 0 Å². The molecule has 0 aliphatic carbocycles. The molecule has 0 atom stereocenters. The molecule has 16 heavy (non-hydrogen) atoms. The Hall–Kier alpha value is -1.35. The Morgan fingerprint density at radius 3 is 2.69 bits per heavy atom. The van der Waals surface area contributed by atoms with E-state index in [1.807, 2.05) is 17.8 Å². The molecule has 1 aromatic heterocycles. The molecule has 0 saturated heterocycles. The average molecular weight is 217 g/mol. The van der Waals surface area contributed by atoms with Crippen molar-refractivity contribution in [2.75, 3.05) is 0 Å². The second kappa shape index (κ2) is 3.91. The molecule has 86 valence electrons. The van der Waals surface area contributed by atoms with Gasteiger partial charge in [-0.25, -0.2) is 0 Å². The van der Waals surface area contributed by atoms with Crippen molar-refractivity contribution in [3.8, 4) is 0 Å². The maximum atomic E-state index is 6.00. The van der Waals surface area contributed by atoms with Crippen LogP contribution in [0.15, 0.2) is 24.3 Å². The van der Waals surface area contributed by atoms with Crippen molar-refractivity contribution < 1.29 is 0 Å². The van der Waals surface area contributed by atoms with Crippen molar-refractivity contribution in [3.05, 3.63) is 30.0 Å². The molecule has 1 heterocycles. The molecule has 0 saturated carbocycles. The minimum Gasteiger partial charge on any atom is -0.326 e. The lowest BCUT2D eigenvalue weighted by Gasteiger charge is -2.17. The van der Waals surface area contributed by atoms with Gasteiger partial charge in [-0.15, -0.1) is 0 Å². The molecule has 0 aliphatic heterocycles. The molecule has 2 aromatic rings. The number of para-hydroxylation sites is 1. The summed E-state index contributed by atoms with van der Waals surface area (Å²) >= 11 is 0. The Morgan fingerprint density at radius 2 is 2.00 bits per heavy atom. The smallest absolute Gasteiger partial charge is 0.0703 e. The van der Waals surface area contributed by atoms with Crippen molar-refractivity contribution in [3.63, 3.8) is 0 Å². The number of aryl methyl sites for hydroxylation is 2. The molecule has 0 aliphatic rings. The summed E-state index contributed by atoms with van der Waals surface area (Å²) < 4.78 is 1.94. The highest BCUT2D eigenvalue weighted by atomic mass is 15.3. The number of hydrogen-bond donors (Lipinski definition) is 1. The van der Waals surface area contributed by atoms with Gasteiger partial charge in [0.25, 0.3) is 0 Å². The maximum absolute atomic E-state index is 6.00. The Kier molecular flexibility index (Phi) is 2.72. The highest BCUT2D eigenvalue weighted by Crippen LogP contribution is 2.20. The number of rotatable bonds is 3. The van der Waals surface area contributed by atoms with Crippen LogP contribution in [-0.4, -0.2) is 15.3 Å². The van der Waals surface area contributed by atoms with Gasteiger partial charge in [0, 0.05) is 18.0 Å². The minimum atomic E-state index is -0.126. The fourth-order valence-corrected chi connectivity index (χ4v) is 1.91. The molecule has 0 amide bonds. The van der Waals surface area contributed by atoms with Crippen LogP contribution in [0.4, 0.5) is 0 Å². The standard InChI is InChI=1S/C13H19N3/c1-13(2,14)9-8-11-10-6-4-5-7-12(10)16(3)15-11/h4-7H,8-9,14H2,1-3H3. The summed E-state index contributed by atoms with van der Waals surface area (Å²) in [6.45, 7) is 4.11. The quantitative estimate of drug-likeness (QED) is 0.857. The highest BCUT2D eigenvalue weighted by molar-refractivity contribution is 5.81. The Morgan fingerprint density at radius 1 is 1.31 bits per heavy atom. The predicted molar refractivity (Wildman–Crippen MR) is 67.3 cm³/mol. The van der Waals surface area contributed by atoms with Crippen molar-refractivity contribution in [1.29, 1.82) is 0 Å². The van der Waals surface area contributed by atoms with E-state index in [2.05, 4.69) is 37.1 Å². The lowest BCUT2D eigenvalue weighted by atomic mass is 9.98. The molecule has 1 aromatic carbocycles. The van der Waals surface area contributed by atoms with Gasteiger partial charge in [-0.2, -0.15) is 5.10 Å². The van der Waals surface area contributed by atoms with E-state index in [-0.39, 0.29) is 5.54 Å². The maximum Gasteiger partial charge on any atom is 0.0703 e. The number of nitrogens with two attached hydrogens (primary N) is 1. The fourth-order valence-electron chi connectivity index (χ4n) is 1.91. The zero-order valence-electron chi connectivity index (χ0n) is 10.2. The molecular weight excluding hydrogens is 198 g/mol. The van der Waals surface area contributed by atoms with Crippen LogP contribution >= 0.6 is 0 Å². The largest absolute Gasteiger partial charge is 0.326 e. The van der Waals surface area contributed by atoms with E-state index in [9.17, 15) is 0 Å². The van der Waals surface area contributed by atoms with Crippen LogP contribution in [0.1, 0.15) is 26.0 Å². The van der Waals surface area contributed by atoms with Crippen LogP contribution in [0.2, 0.25) is 0 Å². The van der Waals surface area contributed by atoms with Gasteiger partial charge in [0.1, 0.15) is 0 Å². The summed E-state index contributed by atoms with van der Waals surface area (Å²) in [5.74, 6) is 0. The van der Waals surface area contributed by atoms with Crippen LogP contribution in [0, 0.1) is 0 Å². The number of nitrogens with zero attached hydrogens (tertiary/aromatic N) is 2. The van der Waals surface area contributed by atoms with Crippen molar-refractivity contribution >= 4 is 10.9 Å². The summed E-state index contributed by atoms with van der Waals surface area (Å²) in [6.07, 6.45) is 1.89. The topological polar surface area (TPSA) is 43.8 Å². The number of fused-ring (bicyclic) bond motifs is 1. The third-order valence-electron chi connectivity index (χ3n) is 2.84. The molecule has 2 rings (SSSR count).